The summed E-state index contributed by atoms with van der Waals surface area (Å²) in [5.74, 6) is 0.249. The molecule has 0 fully saturated rings. The lowest BCUT2D eigenvalue weighted by atomic mass is 10.00. The number of hydrogen-bond acceptors (Lipinski definition) is 3. The van der Waals surface area contributed by atoms with Crippen LogP contribution >= 0.6 is 0 Å². The van der Waals surface area contributed by atoms with E-state index in [9.17, 15) is 4.79 Å². The molecule has 1 aliphatic rings. The molecule has 1 heterocycles. The van der Waals surface area contributed by atoms with Gasteiger partial charge in [-0.1, -0.05) is 24.3 Å². The van der Waals surface area contributed by atoms with E-state index in [1.165, 1.54) is 11.1 Å². The zero-order valence-electron chi connectivity index (χ0n) is 12.2. The predicted molar refractivity (Wildman–Crippen MR) is 79.5 cm³/mol. The van der Waals surface area contributed by atoms with Gasteiger partial charge in [0.1, 0.15) is 0 Å². The molecule has 0 saturated carbocycles. The van der Waals surface area contributed by atoms with E-state index in [1.54, 1.807) is 7.11 Å². The van der Waals surface area contributed by atoms with Crippen molar-refractivity contribution in [1.29, 1.82) is 0 Å². The van der Waals surface area contributed by atoms with Gasteiger partial charge in [0.05, 0.1) is 0 Å². The van der Waals surface area contributed by atoms with E-state index in [-0.39, 0.29) is 5.91 Å². The molecular formula is C16H24N2O2. The molecule has 0 saturated heterocycles. The molecule has 1 aliphatic heterocycles. The molecule has 0 unspecified atom stereocenters. The SMILES string of the molecule is COCCCNCCC(=O)N1CCc2ccccc2C1. The van der Waals surface area contributed by atoms with Crippen LogP contribution in [0.25, 0.3) is 0 Å². The molecule has 0 spiro atoms. The van der Waals surface area contributed by atoms with Gasteiger partial charge in [0.2, 0.25) is 5.91 Å². The predicted octanol–water partition coefficient (Wildman–Crippen LogP) is 1.59. The monoisotopic (exact) mass is 276 g/mol. The number of carbonyl (C=O) groups excluding carboxylic acids is 1. The fraction of sp³-hybridized carbons (Fsp3) is 0.562. The molecule has 110 valence electrons. The number of amides is 1. The average Bonchev–Trinajstić information content (AvgIpc) is 2.50. The second-order valence-corrected chi connectivity index (χ2v) is 5.18. The lowest BCUT2D eigenvalue weighted by Gasteiger charge is -2.29. The van der Waals surface area contributed by atoms with Gasteiger partial charge in [-0.3, -0.25) is 4.79 Å². The Kier molecular flexibility index (Phi) is 6.02. The first-order chi connectivity index (χ1) is 9.81. The van der Waals surface area contributed by atoms with Gasteiger partial charge in [0.15, 0.2) is 0 Å². The van der Waals surface area contributed by atoms with E-state index < -0.39 is 0 Å². The van der Waals surface area contributed by atoms with Gasteiger partial charge in [0, 0.05) is 39.8 Å². The zero-order valence-corrected chi connectivity index (χ0v) is 12.2. The van der Waals surface area contributed by atoms with Gasteiger partial charge in [-0.2, -0.15) is 0 Å². The highest BCUT2D eigenvalue weighted by Crippen LogP contribution is 2.18. The Hall–Kier alpha value is -1.39. The number of carbonyl (C=O) groups is 1. The van der Waals surface area contributed by atoms with E-state index in [0.717, 1.165) is 45.6 Å². The van der Waals surface area contributed by atoms with E-state index in [1.807, 2.05) is 11.0 Å². The first kappa shape index (κ1) is 15.0. The largest absolute Gasteiger partial charge is 0.385 e. The Balaban J connectivity index is 1.69. The first-order valence-corrected chi connectivity index (χ1v) is 7.35. The van der Waals surface area contributed by atoms with Crippen LogP contribution in [0.5, 0.6) is 0 Å². The summed E-state index contributed by atoms with van der Waals surface area (Å²) in [5, 5.41) is 3.28. The van der Waals surface area contributed by atoms with Crippen LogP contribution in [-0.2, 0) is 22.5 Å². The van der Waals surface area contributed by atoms with Crippen LogP contribution in [-0.4, -0.2) is 44.2 Å². The van der Waals surface area contributed by atoms with Crippen LogP contribution in [0.3, 0.4) is 0 Å². The van der Waals surface area contributed by atoms with E-state index in [4.69, 9.17) is 4.74 Å². The Morgan fingerprint density at radius 2 is 2.10 bits per heavy atom. The van der Waals surface area contributed by atoms with Crippen molar-refractivity contribution >= 4 is 5.91 Å². The maximum atomic E-state index is 12.2. The molecule has 0 bridgehead atoms. The number of benzene rings is 1. The average molecular weight is 276 g/mol. The summed E-state index contributed by atoms with van der Waals surface area (Å²) in [6.07, 6.45) is 2.54. The number of nitrogens with one attached hydrogen (secondary N) is 1. The number of ether oxygens (including phenoxy) is 1. The summed E-state index contributed by atoms with van der Waals surface area (Å²) in [4.78, 5) is 14.1. The Morgan fingerprint density at radius 3 is 2.90 bits per heavy atom. The Bertz CT molecular complexity index is 434. The molecule has 4 heteroatoms. The summed E-state index contributed by atoms with van der Waals surface area (Å²) in [6.45, 7) is 4.03. The second kappa shape index (κ2) is 8.02. The van der Waals surface area contributed by atoms with Gasteiger partial charge in [0.25, 0.3) is 0 Å². The van der Waals surface area contributed by atoms with Crippen LogP contribution < -0.4 is 5.32 Å². The van der Waals surface area contributed by atoms with Crippen LogP contribution in [0.15, 0.2) is 24.3 Å². The van der Waals surface area contributed by atoms with E-state index >= 15 is 0 Å². The van der Waals surface area contributed by atoms with Crippen LogP contribution in [0.2, 0.25) is 0 Å². The maximum absolute atomic E-state index is 12.2. The third-order valence-corrected chi connectivity index (χ3v) is 3.70. The van der Waals surface area contributed by atoms with Crippen molar-refractivity contribution in [2.24, 2.45) is 0 Å². The molecule has 1 aromatic rings. The fourth-order valence-electron chi connectivity index (χ4n) is 2.53. The highest BCUT2D eigenvalue weighted by atomic mass is 16.5. The topological polar surface area (TPSA) is 41.6 Å². The summed E-state index contributed by atoms with van der Waals surface area (Å²) in [5.41, 5.74) is 2.68. The minimum atomic E-state index is 0.249. The summed E-state index contributed by atoms with van der Waals surface area (Å²) in [6, 6.07) is 8.40. The first-order valence-electron chi connectivity index (χ1n) is 7.35. The molecule has 0 atom stereocenters. The van der Waals surface area contributed by atoms with Crippen LogP contribution in [0.4, 0.5) is 0 Å². The third-order valence-electron chi connectivity index (χ3n) is 3.70. The van der Waals surface area contributed by atoms with Gasteiger partial charge in [-0.05, 0) is 30.5 Å². The fourth-order valence-corrected chi connectivity index (χ4v) is 2.53. The maximum Gasteiger partial charge on any atom is 0.224 e. The van der Waals surface area contributed by atoms with Crippen molar-refractivity contribution in [2.75, 3.05) is 33.4 Å². The smallest absolute Gasteiger partial charge is 0.224 e. The van der Waals surface area contributed by atoms with Gasteiger partial charge >= 0.3 is 0 Å². The second-order valence-electron chi connectivity index (χ2n) is 5.18. The number of methoxy groups -OCH3 is 1. The molecule has 1 N–H and O–H groups in total. The molecule has 1 aromatic carbocycles. The number of hydrogen-bond donors (Lipinski definition) is 1. The summed E-state index contributed by atoms with van der Waals surface area (Å²) >= 11 is 0. The van der Waals surface area contributed by atoms with Crippen molar-refractivity contribution in [3.8, 4) is 0 Å². The van der Waals surface area contributed by atoms with Gasteiger partial charge in [-0.25, -0.2) is 0 Å². The Labute approximate surface area is 121 Å². The van der Waals surface area contributed by atoms with Crippen molar-refractivity contribution in [2.45, 2.75) is 25.8 Å². The number of rotatable bonds is 7. The molecule has 20 heavy (non-hydrogen) atoms. The molecule has 2 rings (SSSR count). The van der Waals surface area contributed by atoms with Crippen LogP contribution in [0, 0.1) is 0 Å². The molecule has 1 amide bonds. The Morgan fingerprint density at radius 1 is 1.30 bits per heavy atom. The highest BCUT2D eigenvalue weighted by Gasteiger charge is 2.19. The highest BCUT2D eigenvalue weighted by molar-refractivity contribution is 5.76. The molecule has 0 aliphatic carbocycles. The van der Waals surface area contributed by atoms with Crippen molar-refractivity contribution in [3.63, 3.8) is 0 Å². The molecule has 4 nitrogen and oxygen atoms in total. The third kappa shape index (κ3) is 4.32. The quantitative estimate of drug-likeness (QED) is 0.769. The molecular weight excluding hydrogens is 252 g/mol. The molecule has 0 radical (unpaired) electrons. The van der Waals surface area contributed by atoms with Crippen molar-refractivity contribution < 1.29 is 9.53 Å². The van der Waals surface area contributed by atoms with Crippen molar-refractivity contribution in [1.82, 2.24) is 10.2 Å². The van der Waals surface area contributed by atoms with E-state index in [0.29, 0.717) is 6.42 Å². The lowest BCUT2D eigenvalue weighted by Crippen LogP contribution is -2.37. The minimum absolute atomic E-state index is 0.249. The van der Waals surface area contributed by atoms with Gasteiger partial charge < -0.3 is 15.0 Å². The normalized spacial score (nSPS) is 14.2. The van der Waals surface area contributed by atoms with Crippen molar-refractivity contribution in [3.05, 3.63) is 35.4 Å². The van der Waals surface area contributed by atoms with Crippen LogP contribution in [0.1, 0.15) is 24.0 Å². The summed E-state index contributed by atoms with van der Waals surface area (Å²) in [7, 11) is 1.71. The number of fused-ring (bicyclic) bond motifs is 1. The van der Waals surface area contributed by atoms with E-state index in [2.05, 4.69) is 23.5 Å². The number of nitrogens with zero attached hydrogens (tertiary/aromatic N) is 1. The zero-order chi connectivity index (χ0) is 14.2. The minimum Gasteiger partial charge on any atom is -0.385 e. The van der Waals surface area contributed by atoms with Gasteiger partial charge in [-0.15, -0.1) is 0 Å². The molecule has 0 aromatic heterocycles. The standard InChI is InChI=1S/C16H24N2O2/c1-20-12-4-9-17-10-7-16(19)18-11-8-14-5-2-3-6-15(14)13-18/h2-3,5-6,17H,4,7-13H2,1H3. The lowest BCUT2D eigenvalue weighted by molar-refractivity contribution is -0.132. The summed E-state index contributed by atoms with van der Waals surface area (Å²) < 4.78 is 4.98.